The minimum Gasteiger partial charge on any atom is -0.369 e. The van der Waals surface area contributed by atoms with Gasteiger partial charge in [0.05, 0.1) is 0 Å². The Bertz CT molecular complexity index is 105. The summed E-state index contributed by atoms with van der Waals surface area (Å²) in [6, 6.07) is 0. The van der Waals surface area contributed by atoms with E-state index in [0.29, 0.717) is 5.92 Å². The van der Waals surface area contributed by atoms with Crippen LogP contribution < -0.4 is 5.73 Å². The van der Waals surface area contributed by atoms with Gasteiger partial charge in [-0.3, -0.25) is 4.79 Å². The van der Waals surface area contributed by atoms with Crippen molar-refractivity contribution in [2.24, 2.45) is 17.6 Å². The van der Waals surface area contributed by atoms with Crippen LogP contribution in [0.25, 0.3) is 0 Å². The Hall–Kier alpha value is -0.530. The van der Waals surface area contributed by atoms with Gasteiger partial charge in [0.1, 0.15) is 0 Å². The highest BCUT2D eigenvalue weighted by Crippen LogP contribution is 2.31. The van der Waals surface area contributed by atoms with Gasteiger partial charge in [-0.05, 0) is 18.8 Å². The van der Waals surface area contributed by atoms with E-state index in [1.54, 1.807) is 0 Å². The molecule has 1 fully saturated rings. The van der Waals surface area contributed by atoms with E-state index in [-0.39, 0.29) is 11.8 Å². The van der Waals surface area contributed by atoms with Crippen LogP contribution in [0.5, 0.6) is 0 Å². The average Bonchev–Trinajstić information content (AvgIpc) is 1.57. The number of primary amides is 1. The maximum Gasteiger partial charge on any atom is 0.220 e. The predicted molar refractivity (Wildman–Crippen MR) is 30.8 cm³/mol. The Morgan fingerprint density at radius 3 is 2.25 bits per heavy atom. The minimum atomic E-state index is -0.162. The number of hydrogen-bond acceptors (Lipinski definition) is 1. The molecule has 2 nitrogen and oxygen atoms in total. The van der Waals surface area contributed by atoms with Gasteiger partial charge in [-0.25, -0.2) is 0 Å². The van der Waals surface area contributed by atoms with Crippen LogP contribution in [0.2, 0.25) is 0 Å². The van der Waals surface area contributed by atoms with Crippen molar-refractivity contribution in [2.45, 2.75) is 12.8 Å². The summed E-state index contributed by atoms with van der Waals surface area (Å²) in [7, 11) is 0. The summed E-state index contributed by atoms with van der Waals surface area (Å²) in [4.78, 5) is 10.3. The van der Waals surface area contributed by atoms with E-state index in [1.165, 1.54) is 0 Å². The molecule has 0 aromatic rings. The molecule has 0 bridgehead atoms. The van der Waals surface area contributed by atoms with E-state index in [2.05, 4.69) is 6.92 Å². The molecular formula is C6H10NO. The molecule has 0 spiro atoms. The van der Waals surface area contributed by atoms with Crippen molar-refractivity contribution < 1.29 is 4.79 Å². The number of nitrogens with two attached hydrogens (primary N) is 1. The van der Waals surface area contributed by atoms with Crippen molar-refractivity contribution in [3.05, 3.63) is 6.92 Å². The fourth-order valence-electron chi connectivity index (χ4n) is 0.968. The Kier molecular flexibility index (Phi) is 1.24. The lowest BCUT2D eigenvalue weighted by Crippen LogP contribution is -2.33. The number of carbonyl (C=O) groups is 1. The van der Waals surface area contributed by atoms with Crippen LogP contribution in [0, 0.1) is 18.8 Å². The Morgan fingerprint density at radius 2 is 2.12 bits per heavy atom. The first-order valence-corrected chi connectivity index (χ1v) is 2.82. The van der Waals surface area contributed by atoms with Gasteiger partial charge in [0.2, 0.25) is 5.91 Å². The maximum absolute atomic E-state index is 10.3. The molecule has 1 aliphatic carbocycles. The summed E-state index contributed by atoms with van der Waals surface area (Å²) in [6.45, 7) is 3.77. The second kappa shape index (κ2) is 1.77. The summed E-state index contributed by atoms with van der Waals surface area (Å²) >= 11 is 0. The standard InChI is InChI=1S/C6H10NO/c1-4-2-5(3-4)6(7)8/h4-5H,1-3H2,(H2,7,8). The van der Waals surface area contributed by atoms with E-state index in [0.717, 1.165) is 12.8 Å². The fraction of sp³-hybridized carbons (Fsp3) is 0.667. The van der Waals surface area contributed by atoms with Crippen LogP contribution in [-0.4, -0.2) is 5.91 Å². The van der Waals surface area contributed by atoms with Crippen LogP contribution in [0.1, 0.15) is 12.8 Å². The molecule has 1 saturated carbocycles. The Labute approximate surface area is 49.1 Å². The monoisotopic (exact) mass is 112 g/mol. The summed E-state index contributed by atoms with van der Waals surface area (Å²) in [6.07, 6.45) is 1.80. The lowest BCUT2D eigenvalue weighted by atomic mass is 9.76. The average molecular weight is 112 g/mol. The zero-order chi connectivity index (χ0) is 6.15. The second-order valence-corrected chi connectivity index (χ2v) is 2.44. The molecule has 8 heavy (non-hydrogen) atoms. The van der Waals surface area contributed by atoms with Gasteiger partial charge in [0.25, 0.3) is 0 Å². The van der Waals surface area contributed by atoms with Gasteiger partial charge in [0, 0.05) is 5.92 Å². The number of amides is 1. The van der Waals surface area contributed by atoms with E-state index < -0.39 is 0 Å². The van der Waals surface area contributed by atoms with Crippen LogP contribution >= 0.6 is 0 Å². The lowest BCUT2D eigenvalue weighted by Gasteiger charge is -2.29. The molecule has 0 atom stereocenters. The number of hydrogen-bond donors (Lipinski definition) is 1. The zero-order valence-corrected chi connectivity index (χ0v) is 4.76. The smallest absolute Gasteiger partial charge is 0.220 e. The van der Waals surface area contributed by atoms with Gasteiger partial charge in [-0.2, -0.15) is 0 Å². The molecule has 0 aromatic heterocycles. The van der Waals surface area contributed by atoms with Gasteiger partial charge >= 0.3 is 0 Å². The predicted octanol–water partition coefficient (Wildman–Crippen LogP) is 0.332. The summed E-state index contributed by atoms with van der Waals surface area (Å²) in [5, 5.41) is 0. The SMILES string of the molecule is [CH2]C1CC(C(N)=O)C1. The van der Waals surface area contributed by atoms with E-state index in [9.17, 15) is 4.79 Å². The molecule has 1 aliphatic rings. The van der Waals surface area contributed by atoms with Gasteiger partial charge in [0.15, 0.2) is 0 Å². The maximum atomic E-state index is 10.3. The minimum absolute atomic E-state index is 0.137. The quantitative estimate of drug-likeness (QED) is 0.522. The third-order valence-electron chi connectivity index (χ3n) is 1.64. The van der Waals surface area contributed by atoms with Gasteiger partial charge < -0.3 is 5.73 Å². The zero-order valence-electron chi connectivity index (χ0n) is 4.76. The van der Waals surface area contributed by atoms with Gasteiger partial charge in [-0.1, -0.05) is 6.92 Å². The van der Waals surface area contributed by atoms with Crippen molar-refractivity contribution in [2.75, 3.05) is 0 Å². The molecular weight excluding hydrogens is 102 g/mol. The largest absolute Gasteiger partial charge is 0.369 e. The Balaban J connectivity index is 2.25. The van der Waals surface area contributed by atoms with Crippen molar-refractivity contribution in [3.63, 3.8) is 0 Å². The molecule has 0 aromatic carbocycles. The van der Waals surface area contributed by atoms with Crippen molar-refractivity contribution in [1.29, 1.82) is 0 Å². The molecule has 1 amide bonds. The second-order valence-electron chi connectivity index (χ2n) is 2.44. The molecule has 1 rings (SSSR count). The summed E-state index contributed by atoms with van der Waals surface area (Å²) < 4.78 is 0. The highest BCUT2D eigenvalue weighted by atomic mass is 16.1. The molecule has 2 heteroatoms. The van der Waals surface area contributed by atoms with Crippen LogP contribution in [-0.2, 0) is 4.79 Å². The van der Waals surface area contributed by atoms with E-state index in [4.69, 9.17) is 5.73 Å². The molecule has 0 saturated heterocycles. The van der Waals surface area contributed by atoms with Gasteiger partial charge in [-0.15, -0.1) is 0 Å². The third kappa shape index (κ3) is 0.831. The number of rotatable bonds is 1. The lowest BCUT2D eigenvalue weighted by molar-refractivity contribution is -0.125. The highest BCUT2D eigenvalue weighted by molar-refractivity contribution is 5.77. The molecule has 0 aliphatic heterocycles. The fourth-order valence-corrected chi connectivity index (χ4v) is 0.968. The Morgan fingerprint density at radius 1 is 1.62 bits per heavy atom. The topological polar surface area (TPSA) is 43.1 Å². The normalized spacial score (nSPS) is 36.1. The van der Waals surface area contributed by atoms with Crippen LogP contribution in [0.4, 0.5) is 0 Å². The van der Waals surface area contributed by atoms with Crippen LogP contribution in [0.15, 0.2) is 0 Å². The first-order chi connectivity index (χ1) is 3.70. The molecule has 1 radical (unpaired) electrons. The summed E-state index contributed by atoms with van der Waals surface area (Å²) in [5.74, 6) is 0.454. The van der Waals surface area contributed by atoms with E-state index in [1.807, 2.05) is 0 Å². The molecule has 0 unspecified atom stereocenters. The first kappa shape index (κ1) is 5.60. The van der Waals surface area contributed by atoms with Crippen molar-refractivity contribution in [1.82, 2.24) is 0 Å². The number of carbonyl (C=O) groups excluding carboxylic acids is 1. The summed E-state index contributed by atoms with van der Waals surface area (Å²) in [5.41, 5.74) is 4.99. The highest BCUT2D eigenvalue weighted by Gasteiger charge is 2.29. The van der Waals surface area contributed by atoms with E-state index >= 15 is 0 Å². The van der Waals surface area contributed by atoms with Crippen LogP contribution in [0.3, 0.4) is 0 Å². The third-order valence-corrected chi connectivity index (χ3v) is 1.64. The molecule has 0 heterocycles. The first-order valence-electron chi connectivity index (χ1n) is 2.82. The molecule has 45 valence electrons. The van der Waals surface area contributed by atoms with Crippen molar-refractivity contribution in [3.8, 4) is 0 Å². The molecule has 2 N–H and O–H groups in total. The van der Waals surface area contributed by atoms with Crippen molar-refractivity contribution >= 4 is 5.91 Å².